The van der Waals surface area contributed by atoms with Gasteiger partial charge < -0.3 is 19.9 Å². The van der Waals surface area contributed by atoms with E-state index >= 15 is 0 Å². The van der Waals surface area contributed by atoms with Crippen LogP contribution in [0.5, 0.6) is 0 Å². The maximum Gasteiger partial charge on any atom is 0.193 e. The number of halogens is 1. The van der Waals surface area contributed by atoms with Crippen LogP contribution < -0.4 is 10.2 Å². The summed E-state index contributed by atoms with van der Waals surface area (Å²) in [5.74, 6) is 2.19. The number of anilines is 1. The van der Waals surface area contributed by atoms with Gasteiger partial charge in [0.15, 0.2) is 5.96 Å². The van der Waals surface area contributed by atoms with Crippen LogP contribution in [-0.2, 0) is 4.74 Å². The molecule has 2 aliphatic rings. The number of aliphatic imine (C=N–C) groups is 1. The van der Waals surface area contributed by atoms with E-state index in [1.165, 1.54) is 11.3 Å². The number of nitrogens with one attached hydrogen (secondary N) is 1. The Morgan fingerprint density at radius 3 is 2.54 bits per heavy atom. The van der Waals surface area contributed by atoms with E-state index in [9.17, 15) is 0 Å². The lowest BCUT2D eigenvalue weighted by molar-refractivity contribution is 0.0780. The standard InChI is InChI=1S/C21H34N4OS.HI/c1-4-27-21(8-14-26-15-9-21)17-23-20(22-3)25-12-10-24(11-13-25)19-7-5-6-18(2)16-19;/h5-7,16H,4,8-15,17H2,1-3H3,(H,22,23);1H. The Balaban J connectivity index is 0.00000280. The molecule has 2 fully saturated rings. The first-order chi connectivity index (χ1) is 13.2. The predicted molar refractivity (Wildman–Crippen MR) is 133 cm³/mol. The third-order valence-electron chi connectivity index (χ3n) is 5.58. The molecule has 0 bridgehead atoms. The molecule has 0 saturated carbocycles. The minimum atomic E-state index is 0. The van der Waals surface area contributed by atoms with Gasteiger partial charge in [-0.05, 0) is 43.2 Å². The number of hydrogen-bond acceptors (Lipinski definition) is 4. The maximum atomic E-state index is 5.60. The van der Waals surface area contributed by atoms with E-state index in [1.54, 1.807) is 0 Å². The van der Waals surface area contributed by atoms with Gasteiger partial charge in [0.1, 0.15) is 0 Å². The molecule has 1 N–H and O–H groups in total. The van der Waals surface area contributed by atoms with Crippen molar-refractivity contribution in [1.82, 2.24) is 10.2 Å². The Kier molecular flexibility index (Phi) is 9.69. The van der Waals surface area contributed by atoms with Gasteiger partial charge in [0, 0.05) is 63.4 Å². The molecule has 0 atom stereocenters. The normalized spacial score (nSPS) is 19.9. The average Bonchev–Trinajstić information content (AvgIpc) is 2.70. The van der Waals surface area contributed by atoms with Gasteiger partial charge >= 0.3 is 0 Å². The first-order valence-electron chi connectivity index (χ1n) is 10.1. The zero-order chi connectivity index (χ0) is 19.1. The smallest absolute Gasteiger partial charge is 0.193 e. The van der Waals surface area contributed by atoms with Gasteiger partial charge in [-0.3, -0.25) is 4.99 Å². The fourth-order valence-corrected chi connectivity index (χ4v) is 5.24. The lowest BCUT2D eigenvalue weighted by atomic mass is 9.99. The van der Waals surface area contributed by atoms with Gasteiger partial charge in [0.2, 0.25) is 0 Å². The molecular formula is C21H35IN4OS. The summed E-state index contributed by atoms with van der Waals surface area (Å²) in [6.07, 6.45) is 2.24. The Labute approximate surface area is 191 Å². The highest BCUT2D eigenvalue weighted by atomic mass is 127. The molecule has 0 aliphatic carbocycles. The molecule has 28 heavy (non-hydrogen) atoms. The van der Waals surface area contributed by atoms with Crippen molar-refractivity contribution in [2.45, 2.75) is 31.4 Å². The number of rotatable bonds is 5. The highest BCUT2D eigenvalue weighted by Crippen LogP contribution is 2.34. The van der Waals surface area contributed by atoms with Crippen LogP contribution in [0.2, 0.25) is 0 Å². The Morgan fingerprint density at radius 2 is 1.93 bits per heavy atom. The van der Waals surface area contributed by atoms with Crippen molar-refractivity contribution in [3.8, 4) is 0 Å². The topological polar surface area (TPSA) is 40.1 Å². The van der Waals surface area contributed by atoms with Crippen LogP contribution in [0.4, 0.5) is 5.69 Å². The molecule has 0 unspecified atom stereocenters. The van der Waals surface area contributed by atoms with Crippen LogP contribution in [0, 0.1) is 6.92 Å². The van der Waals surface area contributed by atoms with Gasteiger partial charge in [-0.25, -0.2) is 0 Å². The van der Waals surface area contributed by atoms with Crippen LogP contribution in [0.25, 0.3) is 0 Å². The van der Waals surface area contributed by atoms with Crippen molar-refractivity contribution in [3.63, 3.8) is 0 Å². The molecule has 1 aromatic carbocycles. The number of ether oxygens (including phenoxy) is 1. The second kappa shape index (κ2) is 11.5. The number of aryl methyl sites for hydroxylation is 1. The van der Waals surface area contributed by atoms with Crippen molar-refractivity contribution in [2.24, 2.45) is 4.99 Å². The molecular weight excluding hydrogens is 483 g/mol. The molecule has 1 aromatic rings. The molecule has 0 radical (unpaired) electrons. The number of benzene rings is 1. The van der Waals surface area contributed by atoms with E-state index in [2.05, 4.69) is 70.0 Å². The van der Waals surface area contributed by atoms with Crippen molar-refractivity contribution in [2.75, 3.05) is 63.6 Å². The molecule has 2 saturated heterocycles. The first-order valence-corrected chi connectivity index (χ1v) is 11.1. The molecule has 5 nitrogen and oxygen atoms in total. The lowest BCUT2D eigenvalue weighted by Crippen LogP contribution is -2.55. The second-order valence-corrected chi connectivity index (χ2v) is 9.17. The SMILES string of the molecule is CCSC1(CNC(=NC)N2CCN(c3cccc(C)c3)CC2)CCOCC1.I. The third kappa shape index (κ3) is 6.16. The molecule has 0 aromatic heterocycles. The fourth-order valence-electron chi connectivity index (χ4n) is 4.00. The van der Waals surface area contributed by atoms with Crippen LogP contribution >= 0.6 is 35.7 Å². The highest BCUT2D eigenvalue weighted by molar-refractivity contribution is 14.0. The van der Waals surface area contributed by atoms with E-state index in [1.807, 2.05) is 7.05 Å². The van der Waals surface area contributed by atoms with E-state index in [0.717, 1.165) is 70.5 Å². The quantitative estimate of drug-likeness (QED) is 0.367. The summed E-state index contributed by atoms with van der Waals surface area (Å²) in [5, 5.41) is 3.68. The number of hydrogen-bond donors (Lipinski definition) is 1. The van der Waals surface area contributed by atoms with Gasteiger partial charge in [0.25, 0.3) is 0 Å². The summed E-state index contributed by atoms with van der Waals surface area (Å²) < 4.78 is 5.88. The van der Waals surface area contributed by atoms with Crippen molar-refractivity contribution < 1.29 is 4.74 Å². The number of nitrogens with zero attached hydrogens (tertiary/aromatic N) is 3. The molecule has 0 amide bonds. The van der Waals surface area contributed by atoms with E-state index in [0.29, 0.717) is 0 Å². The number of guanidine groups is 1. The number of thioether (sulfide) groups is 1. The van der Waals surface area contributed by atoms with Gasteiger partial charge in [-0.2, -0.15) is 11.8 Å². The van der Waals surface area contributed by atoms with E-state index < -0.39 is 0 Å². The second-order valence-electron chi connectivity index (χ2n) is 7.44. The van der Waals surface area contributed by atoms with Crippen molar-refractivity contribution >= 4 is 47.4 Å². The van der Waals surface area contributed by atoms with Gasteiger partial charge in [-0.15, -0.1) is 24.0 Å². The Morgan fingerprint density at radius 1 is 1.21 bits per heavy atom. The van der Waals surface area contributed by atoms with Crippen LogP contribution in [0.3, 0.4) is 0 Å². The Hall–Kier alpha value is -0.670. The number of piperazine rings is 1. The molecule has 2 aliphatic heterocycles. The largest absolute Gasteiger partial charge is 0.381 e. The zero-order valence-electron chi connectivity index (χ0n) is 17.4. The monoisotopic (exact) mass is 518 g/mol. The fraction of sp³-hybridized carbons (Fsp3) is 0.667. The summed E-state index contributed by atoms with van der Waals surface area (Å²) in [6.45, 7) is 11.2. The maximum absolute atomic E-state index is 5.60. The lowest BCUT2D eigenvalue weighted by Gasteiger charge is -2.40. The molecule has 0 spiro atoms. The van der Waals surface area contributed by atoms with Crippen LogP contribution in [0.15, 0.2) is 29.3 Å². The summed E-state index contributed by atoms with van der Waals surface area (Å²) in [4.78, 5) is 9.45. The summed E-state index contributed by atoms with van der Waals surface area (Å²) in [6, 6.07) is 8.80. The van der Waals surface area contributed by atoms with Crippen molar-refractivity contribution in [1.29, 1.82) is 0 Å². The third-order valence-corrected chi connectivity index (χ3v) is 7.03. The van der Waals surface area contributed by atoms with Crippen LogP contribution in [0.1, 0.15) is 25.3 Å². The summed E-state index contributed by atoms with van der Waals surface area (Å²) in [5.41, 5.74) is 2.65. The van der Waals surface area contributed by atoms with Gasteiger partial charge in [-0.1, -0.05) is 19.1 Å². The van der Waals surface area contributed by atoms with E-state index in [-0.39, 0.29) is 28.7 Å². The first kappa shape index (κ1) is 23.6. The zero-order valence-corrected chi connectivity index (χ0v) is 20.6. The summed E-state index contributed by atoms with van der Waals surface area (Å²) >= 11 is 2.07. The predicted octanol–water partition coefficient (Wildman–Crippen LogP) is 3.61. The molecule has 3 rings (SSSR count). The highest BCUT2D eigenvalue weighted by Gasteiger charge is 2.33. The van der Waals surface area contributed by atoms with E-state index in [4.69, 9.17) is 4.74 Å². The van der Waals surface area contributed by atoms with Gasteiger partial charge in [0.05, 0.1) is 0 Å². The summed E-state index contributed by atoms with van der Waals surface area (Å²) in [7, 11) is 1.90. The minimum absolute atomic E-state index is 0. The molecule has 158 valence electrons. The van der Waals surface area contributed by atoms with Crippen LogP contribution in [-0.4, -0.2) is 74.3 Å². The average molecular weight is 519 g/mol. The Bertz CT molecular complexity index is 623. The molecule has 7 heteroatoms. The minimum Gasteiger partial charge on any atom is -0.381 e. The molecule has 2 heterocycles. The van der Waals surface area contributed by atoms with Crippen molar-refractivity contribution in [3.05, 3.63) is 29.8 Å².